The van der Waals surface area contributed by atoms with Crippen molar-refractivity contribution in [2.24, 2.45) is 0 Å². The predicted octanol–water partition coefficient (Wildman–Crippen LogP) is 4.20. The van der Waals surface area contributed by atoms with Crippen molar-refractivity contribution in [3.05, 3.63) is 34.0 Å². The summed E-state index contributed by atoms with van der Waals surface area (Å²) in [6.45, 7) is 9.11. The highest BCUT2D eigenvalue weighted by molar-refractivity contribution is 6.35. The Morgan fingerprint density at radius 1 is 1.29 bits per heavy atom. The van der Waals surface area contributed by atoms with Gasteiger partial charge in [-0.05, 0) is 37.1 Å². The first-order chi connectivity index (χ1) is 7.99. The molecule has 0 unspecified atom stereocenters. The quantitative estimate of drug-likeness (QED) is 0.884. The molecule has 2 aromatic rings. The average molecular weight is 252 g/mol. The van der Waals surface area contributed by atoms with Crippen molar-refractivity contribution < 1.29 is 4.42 Å². The number of furan rings is 1. The highest BCUT2D eigenvalue weighted by Crippen LogP contribution is 2.32. The second-order valence-electron chi connectivity index (χ2n) is 4.81. The van der Waals surface area contributed by atoms with E-state index in [1.165, 1.54) is 5.56 Å². The lowest BCUT2D eigenvalue weighted by atomic mass is 10.1. The van der Waals surface area contributed by atoms with Gasteiger partial charge in [0.15, 0.2) is 5.58 Å². The van der Waals surface area contributed by atoms with E-state index in [2.05, 4.69) is 32.2 Å². The Kier molecular flexibility index (Phi) is 3.45. The van der Waals surface area contributed by atoms with Gasteiger partial charge in [-0.15, -0.1) is 0 Å². The maximum Gasteiger partial charge on any atom is 0.153 e. The SMILES string of the molecule is Cc1cc(Cl)c2oc(CNC(C)C)c(C)c2c1. The minimum absolute atomic E-state index is 0.444. The first-order valence-electron chi connectivity index (χ1n) is 5.90. The molecular weight excluding hydrogens is 234 g/mol. The number of halogens is 1. The van der Waals surface area contributed by atoms with Gasteiger partial charge in [0, 0.05) is 11.4 Å². The lowest BCUT2D eigenvalue weighted by Crippen LogP contribution is -2.21. The maximum absolute atomic E-state index is 6.20. The van der Waals surface area contributed by atoms with Crippen molar-refractivity contribution in [3.63, 3.8) is 0 Å². The molecule has 0 spiro atoms. The highest BCUT2D eigenvalue weighted by Gasteiger charge is 2.13. The van der Waals surface area contributed by atoms with Crippen LogP contribution >= 0.6 is 11.6 Å². The molecule has 0 aliphatic rings. The van der Waals surface area contributed by atoms with Gasteiger partial charge in [0.25, 0.3) is 0 Å². The third-order valence-electron chi connectivity index (χ3n) is 2.91. The minimum Gasteiger partial charge on any atom is -0.458 e. The molecule has 0 amide bonds. The van der Waals surface area contributed by atoms with E-state index < -0.39 is 0 Å². The van der Waals surface area contributed by atoms with Gasteiger partial charge in [-0.25, -0.2) is 0 Å². The second kappa shape index (κ2) is 4.71. The smallest absolute Gasteiger partial charge is 0.153 e. The molecule has 0 radical (unpaired) electrons. The summed E-state index contributed by atoms with van der Waals surface area (Å²) in [7, 11) is 0. The summed E-state index contributed by atoms with van der Waals surface area (Å²) in [4.78, 5) is 0. The molecule has 1 aromatic heterocycles. The molecule has 17 heavy (non-hydrogen) atoms. The van der Waals surface area contributed by atoms with E-state index in [0.29, 0.717) is 11.1 Å². The zero-order valence-electron chi connectivity index (χ0n) is 10.7. The van der Waals surface area contributed by atoms with Gasteiger partial charge in [-0.2, -0.15) is 0 Å². The number of hydrogen-bond donors (Lipinski definition) is 1. The Hall–Kier alpha value is -0.990. The predicted molar refractivity (Wildman–Crippen MR) is 72.7 cm³/mol. The third kappa shape index (κ3) is 2.48. The fraction of sp³-hybridized carbons (Fsp3) is 0.429. The van der Waals surface area contributed by atoms with E-state index in [1.807, 2.05) is 13.0 Å². The summed E-state index contributed by atoms with van der Waals surface area (Å²) >= 11 is 6.20. The normalized spacial score (nSPS) is 11.6. The Bertz CT molecular complexity index is 543. The van der Waals surface area contributed by atoms with Crippen LogP contribution in [0.1, 0.15) is 30.7 Å². The van der Waals surface area contributed by atoms with Gasteiger partial charge in [0.05, 0.1) is 11.6 Å². The van der Waals surface area contributed by atoms with Gasteiger partial charge in [-0.1, -0.05) is 25.4 Å². The van der Waals surface area contributed by atoms with Crippen LogP contribution in [0.25, 0.3) is 11.0 Å². The van der Waals surface area contributed by atoms with Crippen molar-refractivity contribution in [1.29, 1.82) is 0 Å². The Balaban J connectivity index is 2.45. The van der Waals surface area contributed by atoms with Crippen molar-refractivity contribution in [3.8, 4) is 0 Å². The molecule has 0 fully saturated rings. The van der Waals surface area contributed by atoms with Gasteiger partial charge in [-0.3, -0.25) is 0 Å². The van der Waals surface area contributed by atoms with E-state index in [4.69, 9.17) is 16.0 Å². The van der Waals surface area contributed by atoms with Crippen LogP contribution in [0.5, 0.6) is 0 Å². The standard InChI is InChI=1S/C14H18ClNO/c1-8(2)16-7-13-10(4)11-5-9(3)6-12(15)14(11)17-13/h5-6,8,16H,7H2,1-4H3. The van der Waals surface area contributed by atoms with Gasteiger partial charge < -0.3 is 9.73 Å². The largest absolute Gasteiger partial charge is 0.458 e. The number of nitrogens with one attached hydrogen (secondary N) is 1. The highest BCUT2D eigenvalue weighted by atomic mass is 35.5. The fourth-order valence-electron chi connectivity index (χ4n) is 1.93. The maximum atomic E-state index is 6.20. The molecule has 0 aliphatic heterocycles. The molecule has 92 valence electrons. The molecule has 0 bridgehead atoms. The molecule has 0 atom stereocenters. The summed E-state index contributed by atoms with van der Waals surface area (Å²) in [5.74, 6) is 0.973. The molecule has 1 N–H and O–H groups in total. The molecule has 0 saturated heterocycles. The van der Waals surface area contributed by atoms with Crippen molar-refractivity contribution in [2.45, 2.75) is 40.3 Å². The number of rotatable bonds is 3. The third-order valence-corrected chi connectivity index (χ3v) is 3.19. The topological polar surface area (TPSA) is 25.2 Å². The van der Waals surface area contributed by atoms with Crippen LogP contribution in [0.4, 0.5) is 0 Å². The zero-order valence-corrected chi connectivity index (χ0v) is 11.5. The molecule has 3 heteroatoms. The fourth-order valence-corrected chi connectivity index (χ4v) is 2.24. The summed E-state index contributed by atoms with van der Waals surface area (Å²) in [5.41, 5.74) is 3.14. The Morgan fingerprint density at radius 2 is 2.00 bits per heavy atom. The Labute approximate surface area is 107 Å². The van der Waals surface area contributed by atoms with Gasteiger partial charge in [0.1, 0.15) is 5.76 Å². The van der Waals surface area contributed by atoms with E-state index in [0.717, 1.165) is 28.8 Å². The molecule has 2 rings (SSSR count). The number of aryl methyl sites for hydroxylation is 2. The van der Waals surface area contributed by atoms with Crippen LogP contribution in [0, 0.1) is 13.8 Å². The van der Waals surface area contributed by atoms with E-state index in [-0.39, 0.29) is 0 Å². The summed E-state index contributed by atoms with van der Waals surface area (Å²) in [5, 5.41) is 5.18. The van der Waals surface area contributed by atoms with Crippen LogP contribution in [0.3, 0.4) is 0 Å². The summed E-state index contributed by atoms with van der Waals surface area (Å²) in [6, 6.07) is 4.51. The van der Waals surface area contributed by atoms with Gasteiger partial charge >= 0.3 is 0 Å². The first kappa shape index (κ1) is 12.5. The van der Waals surface area contributed by atoms with Gasteiger partial charge in [0.2, 0.25) is 0 Å². The lowest BCUT2D eigenvalue weighted by Gasteiger charge is -2.05. The molecule has 1 heterocycles. The number of hydrogen-bond acceptors (Lipinski definition) is 2. The average Bonchev–Trinajstić information content (AvgIpc) is 2.54. The molecule has 2 nitrogen and oxygen atoms in total. The van der Waals surface area contributed by atoms with Crippen molar-refractivity contribution in [2.75, 3.05) is 0 Å². The molecule has 1 aromatic carbocycles. The van der Waals surface area contributed by atoms with Crippen LogP contribution in [-0.2, 0) is 6.54 Å². The molecule has 0 aliphatic carbocycles. The first-order valence-corrected chi connectivity index (χ1v) is 6.28. The Morgan fingerprint density at radius 3 is 2.65 bits per heavy atom. The van der Waals surface area contributed by atoms with E-state index in [1.54, 1.807) is 0 Å². The van der Waals surface area contributed by atoms with Crippen LogP contribution in [-0.4, -0.2) is 6.04 Å². The van der Waals surface area contributed by atoms with E-state index >= 15 is 0 Å². The number of fused-ring (bicyclic) bond motifs is 1. The van der Waals surface area contributed by atoms with Crippen LogP contribution in [0.15, 0.2) is 16.5 Å². The second-order valence-corrected chi connectivity index (χ2v) is 5.22. The van der Waals surface area contributed by atoms with Crippen molar-refractivity contribution >= 4 is 22.6 Å². The van der Waals surface area contributed by atoms with Crippen LogP contribution in [0.2, 0.25) is 5.02 Å². The zero-order chi connectivity index (χ0) is 12.6. The lowest BCUT2D eigenvalue weighted by molar-refractivity contribution is 0.485. The van der Waals surface area contributed by atoms with E-state index in [9.17, 15) is 0 Å². The van der Waals surface area contributed by atoms with Crippen LogP contribution < -0.4 is 5.32 Å². The summed E-state index contributed by atoms with van der Waals surface area (Å²) < 4.78 is 5.84. The monoisotopic (exact) mass is 251 g/mol. The molecular formula is C14H18ClNO. The summed E-state index contributed by atoms with van der Waals surface area (Å²) in [6.07, 6.45) is 0. The number of benzene rings is 1. The minimum atomic E-state index is 0.444. The molecule has 0 saturated carbocycles. The van der Waals surface area contributed by atoms with Crippen molar-refractivity contribution in [1.82, 2.24) is 5.32 Å².